The number of nitrogens with zero attached hydrogens (tertiary/aromatic N) is 4. The predicted octanol–water partition coefficient (Wildman–Crippen LogP) is 3.80. The van der Waals surface area contributed by atoms with Gasteiger partial charge in [-0.2, -0.15) is 11.8 Å². The molecule has 0 aliphatic carbocycles. The summed E-state index contributed by atoms with van der Waals surface area (Å²) in [6.45, 7) is 6.17. The standard InChI is InChI=1S/C18H27BrN6S.HI/c1-13-10-16(19)7-6-15(13)11-21-18(20-8-5-9-26-4)22-12-17-24-23-14(2)25(17)3;/h6-7,10H,5,8-9,11-12H2,1-4H3,(H2,20,21,22);1H. The van der Waals surface area contributed by atoms with Crippen LogP contribution < -0.4 is 10.6 Å². The summed E-state index contributed by atoms with van der Waals surface area (Å²) in [7, 11) is 1.97. The van der Waals surface area contributed by atoms with E-state index >= 15 is 0 Å². The number of nitrogens with one attached hydrogen (secondary N) is 2. The molecule has 0 bridgehead atoms. The van der Waals surface area contributed by atoms with Gasteiger partial charge in [-0.1, -0.05) is 22.0 Å². The van der Waals surface area contributed by atoms with Crippen molar-refractivity contribution in [2.24, 2.45) is 12.0 Å². The van der Waals surface area contributed by atoms with Crippen LogP contribution in [0.4, 0.5) is 0 Å². The summed E-state index contributed by atoms with van der Waals surface area (Å²) < 4.78 is 3.07. The van der Waals surface area contributed by atoms with E-state index in [0.717, 1.165) is 40.8 Å². The van der Waals surface area contributed by atoms with Gasteiger partial charge in [0.25, 0.3) is 0 Å². The van der Waals surface area contributed by atoms with Gasteiger partial charge in [-0.15, -0.1) is 34.2 Å². The predicted molar refractivity (Wildman–Crippen MR) is 129 cm³/mol. The number of hydrogen-bond acceptors (Lipinski definition) is 4. The summed E-state index contributed by atoms with van der Waals surface area (Å²) in [4.78, 5) is 4.75. The van der Waals surface area contributed by atoms with Crippen molar-refractivity contribution in [2.45, 2.75) is 33.4 Å². The van der Waals surface area contributed by atoms with Crippen LogP contribution in [0.3, 0.4) is 0 Å². The van der Waals surface area contributed by atoms with Crippen LogP contribution in [0, 0.1) is 13.8 Å². The van der Waals surface area contributed by atoms with Gasteiger partial charge < -0.3 is 15.2 Å². The smallest absolute Gasteiger partial charge is 0.191 e. The number of aryl methyl sites for hydroxylation is 2. The topological polar surface area (TPSA) is 67.1 Å². The van der Waals surface area contributed by atoms with Crippen LogP contribution in [-0.4, -0.2) is 39.3 Å². The molecule has 0 atom stereocenters. The number of thioether (sulfide) groups is 1. The van der Waals surface area contributed by atoms with Crippen LogP contribution in [0.2, 0.25) is 0 Å². The third kappa shape index (κ3) is 7.98. The Morgan fingerprint density at radius 3 is 2.67 bits per heavy atom. The quantitative estimate of drug-likeness (QED) is 0.220. The summed E-state index contributed by atoms with van der Waals surface area (Å²) in [6, 6.07) is 6.28. The molecule has 0 unspecified atom stereocenters. The van der Waals surface area contributed by atoms with Gasteiger partial charge in [0.15, 0.2) is 11.8 Å². The zero-order chi connectivity index (χ0) is 18.9. The highest BCUT2D eigenvalue weighted by Crippen LogP contribution is 2.16. The molecule has 0 radical (unpaired) electrons. The molecule has 0 saturated heterocycles. The summed E-state index contributed by atoms with van der Waals surface area (Å²) in [5, 5.41) is 15.1. The van der Waals surface area contributed by atoms with Crippen molar-refractivity contribution >= 4 is 57.6 Å². The number of rotatable bonds is 8. The second kappa shape index (κ2) is 12.6. The fourth-order valence-electron chi connectivity index (χ4n) is 2.37. The molecular weight excluding hydrogens is 539 g/mol. The van der Waals surface area contributed by atoms with Crippen LogP contribution in [-0.2, 0) is 20.1 Å². The van der Waals surface area contributed by atoms with Gasteiger partial charge in [-0.25, -0.2) is 4.99 Å². The molecular formula is C18H28BrIN6S. The Morgan fingerprint density at radius 1 is 1.26 bits per heavy atom. The third-order valence-corrected chi connectivity index (χ3v) is 5.32. The molecule has 9 heteroatoms. The second-order valence-corrected chi connectivity index (χ2v) is 7.99. The van der Waals surface area contributed by atoms with Crippen LogP contribution in [0.15, 0.2) is 27.7 Å². The van der Waals surface area contributed by atoms with Crippen LogP contribution in [0.1, 0.15) is 29.2 Å². The van der Waals surface area contributed by atoms with E-state index < -0.39 is 0 Å². The van der Waals surface area contributed by atoms with Gasteiger partial charge in [0.1, 0.15) is 5.82 Å². The molecule has 1 heterocycles. The molecule has 1 aromatic carbocycles. The Labute approximate surface area is 191 Å². The molecule has 0 fully saturated rings. The first-order chi connectivity index (χ1) is 12.5. The Hall–Kier alpha value is -0.810. The fourth-order valence-corrected chi connectivity index (χ4v) is 3.27. The van der Waals surface area contributed by atoms with Crippen molar-refractivity contribution < 1.29 is 0 Å². The molecule has 0 spiro atoms. The van der Waals surface area contributed by atoms with E-state index in [1.54, 1.807) is 0 Å². The molecule has 1 aromatic heterocycles. The highest BCUT2D eigenvalue weighted by atomic mass is 127. The average Bonchev–Trinajstić information content (AvgIpc) is 2.93. The highest BCUT2D eigenvalue weighted by Gasteiger charge is 2.06. The average molecular weight is 567 g/mol. The van der Waals surface area contributed by atoms with Gasteiger partial charge in [-0.05, 0) is 55.5 Å². The first-order valence-electron chi connectivity index (χ1n) is 8.62. The molecule has 6 nitrogen and oxygen atoms in total. The minimum atomic E-state index is 0. The van der Waals surface area contributed by atoms with Gasteiger partial charge in [-0.3, -0.25) is 0 Å². The lowest BCUT2D eigenvalue weighted by Gasteiger charge is -2.13. The third-order valence-electron chi connectivity index (χ3n) is 4.13. The molecule has 0 saturated carbocycles. The normalized spacial score (nSPS) is 11.2. The number of hydrogen-bond donors (Lipinski definition) is 2. The van der Waals surface area contributed by atoms with E-state index in [-0.39, 0.29) is 24.0 Å². The number of guanidine groups is 1. The van der Waals surface area contributed by atoms with E-state index in [4.69, 9.17) is 4.99 Å². The van der Waals surface area contributed by atoms with Crippen molar-refractivity contribution in [3.63, 3.8) is 0 Å². The van der Waals surface area contributed by atoms with E-state index in [9.17, 15) is 0 Å². The van der Waals surface area contributed by atoms with Crippen molar-refractivity contribution in [3.8, 4) is 0 Å². The number of aliphatic imine (C=N–C) groups is 1. The Morgan fingerprint density at radius 2 is 2.04 bits per heavy atom. The van der Waals surface area contributed by atoms with E-state index in [1.807, 2.05) is 30.3 Å². The molecule has 27 heavy (non-hydrogen) atoms. The molecule has 0 amide bonds. The van der Waals surface area contributed by atoms with E-state index in [2.05, 4.69) is 68.1 Å². The summed E-state index contributed by atoms with van der Waals surface area (Å²) in [5.74, 6) is 3.72. The van der Waals surface area contributed by atoms with E-state index in [0.29, 0.717) is 13.1 Å². The fraction of sp³-hybridized carbons (Fsp3) is 0.500. The van der Waals surface area contributed by atoms with E-state index in [1.165, 1.54) is 11.1 Å². The van der Waals surface area contributed by atoms with Gasteiger partial charge >= 0.3 is 0 Å². The van der Waals surface area contributed by atoms with Gasteiger partial charge in [0.2, 0.25) is 0 Å². The Bertz CT molecular complexity index is 749. The molecule has 2 aromatic rings. The monoisotopic (exact) mass is 566 g/mol. The lowest BCUT2D eigenvalue weighted by Crippen LogP contribution is -2.38. The summed E-state index contributed by atoms with van der Waals surface area (Å²) in [6.07, 6.45) is 3.22. The van der Waals surface area contributed by atoms with Crippen LogP contribution in [0.25, 0.3) is 0 Å². The number of benzene rings is 1. The molecule has 2 rings (SSSR count). The maximum Gasteiger partial charge on any atom is 0.191 e. The summed E-state index contributed by atoms with van der Waals surface area (Å²) in [5.41, 5.74) is 2.45. The summed E-state index contributed by atoms with van der Waals surface area (Å²) >= 11 is 5.36. The van der Waals surface area contributed by atoms with Gasteiger partial charge in [0.05, 0.1) is 13.1 Å². The first-order valence-corrected chi connectivity index (χ1v) is 10.8. The SMILES string of the molecule is CSCCCNC(=NCc1ccc(Br)cc1C)NCc1nnc(C)n1C.I. The zero-order valence-corrected chi connectivity index (χ0v) is 21.0. The lowest BCUT2D eigenvalue weighted by atomic mass is 10.1. The highest BCUT2D eigenvalue weighted by molar-refractivity contribution is 14.0. The first kappa shape index (κ1) is 24.2. The molecule has 2 N–H and O–H groups in total. The largest absolute Gasteiger partial charge is 0.356 e. The van der Waals surface area contributed by atoms with Crippen molar-refractivity contribution in [1.82, 2.24) is 25.4 Å². The molecule has 150 valence electrons. The zero-order valence-electron chi connectivity index (χ0n) is 16.3. The maximum absolute atomic E-state index is 4.75. The number of halogens is 2. The Kier molecular flexibility index (Phi) is 11.3. The second-order valence-electron chi connectivity index (χ2n) is 6.08. The van der Waals surface area contributed by atoms with Crippen molar-refractivity contribution in [3.05, 3.63) is 45.4 Å². The van der Waals surface area contributed by atoms with Crippen LogP contribution >= 0.6 is 51.7 Å². The minimum Gasteiger partial charge on any atom is -0.356 e. The van der Waals surface area contributed by atoms with Crippen molar-refractivity contribution in [1.29, 1.82) is 0 Å². The molecule has 0 aliphatic heterocycles. The Balaban J connectivity index is 0.00000364. The maximum atomic E-state index is 4.75. The molecule has 0 aliphatic rings. The van der Waals surface area contributed by atoms with Gasteiger partial charge in [0, 0.05) is 18.1 Å². The number of aromatic nitrogens is 3. The minimum absolute atomic E-state index is 0. The van der Waals surface area contributed by atoms with Crippen LogP contribution in [0.5, 0.6) is 0 Å². The van der Waals surface area contributed by atoms with Crippen molar-refractivity contribution in [2.75, 3.05) is 18.6 Å². The lowest BCUT2D eigenvalue weighted by molar-refractivity contribution is 0.711.